The number of urea groups is 1. The molecule has 1 aromatic carbocycles. The fraction of sp³-hybridized carbons (Fsp3) is 0.562. The lowest BCUT2D eigenvalue weighted by molar-refractivity contribution is 0.235. The number of rotatable bonds is 6. The van der Waals surface area contributed by atoms with Gasteiger partial charge in [0.1, 0.15) is 15.6 Å². The molecule has 1 saturated heterocycles. The molecule has 0 atom stereocenters. The highest BCUT2D eigenvalue weighted by Gasteiger charge is 2.22. The Hall–Kier alpha value is -1.96. The van der Waals surface area contributed by atoms with Crippen molar-refractivity contribution in [2.24, 2.45) is 0 Å². The summed E-state index contributed by atoms with van der Waals surface area (Å²) >= 11 is 0. The van der Waals surface area contributed by atoms with Crippen LogP contribution < -0.4 is 20.3 Å². The molecule has 0 unspecified atom stereocenters. The first-order valence-corrected chi connectivity index (χ1v) is 10.0. The second-order valence-electron chi connectivity index (χ2n) is 5.96. The van der Waals surface area contributed by atoms with Crippen molar-refractivity contribution >= 4 is 21.6 Å². The van der Waals surface area contributed by atoms with Gasteiger partial charge in [0.25, 0.3) is 0 Å². The smallest absolute Gasteiger partial charge is 0.315 e. The zero-order chi connectivity index (χ0) is 17.6. The van der Waals surface area contributed by atoms with Crippen LogP contribution in [-0.2, 0) is 9.84 Å². The molecule has 134 valence electrons. The predicted molar refractivity (Wildman–Crippen MR) is 94.5 cm³/mol. The van der Waals surface area contributed by atoms with E-state index < -0.39 is 9.84 Å². The Morgan fingerprint density at radius 2 is 1.96 bits per heavy atom. The molecule has 0 spiro atoms. The van der Waals surface area contributed by atoms with Crippen LogP contribution in [0.2, 0.25) is 0 Å². The number of piperidine rings is 1. The lowest BCUT2D eigenvalue weighted by Gasteiger charge is -2.34. The van der Waals surface area contributed by atoms with E-state index in [1.807, 2.05) is 24.3 Å². The molecule has 2 N–H and O–H groups in total. The Morgan fingerprint density at radius 3 is 2.58 bits per heavy atom. The molecule has 8 heteroatoms. The zero-order valence-electron chi connectivity index (χ0n) is 14.1. The first kappa shape index (κ1) is 18.4. The van der Waals surface area contributed by atoms with E-state index in [0.29, 0.717) is 0 Å². The summed E-state index contributed by atoms with van der Waals surface area (Å²) in [6.45, 7) is 1.79. The van der Waals surface area contributed by atoms with Crippen LogP contribution in [0.25, 0.3) is 0 Å². The molecule has 1 aromatic rings. The third-order valence-corrected chi connectivity index (χ3v) is 4.96. The minimum absolute atomic E-state index is 0.0489. The number of hydrogen-bond acceptors (Lipinski definition) is 5. The number of carbonyl (C=O) groups excluding carboxylic acids is 1. The molecule has 0 aliphatic carbocycles. The van der Waals surface area contributed by atoms with Gasteiger partial charge in [0.15, 0.2) is 0 Å². The van der Waals surface area contributed by atoms with Crippen molar-refractivity contribution in [2.45, 2.75) is 18.9 Å². The minimum Gasteiger partial charge on any atom is -0.495 e. The molecular weight excluding hydrogens is 330 g/mol. The van der Waals surface area contributed by atoms with E-state index in [4.69, 9.17) is 4.74 Å². The molecule has 0 aromatic heterocycles. The second kappa shape index (κ2) is 8.23. The van der Waals surface area contributed by atoms with Crippen LogP contribution in [0.4, 0.5) is 10.5 Å². The molecule has 2 rings (SSSR count). The summed E-state index contributed by atoms with van der Waals surface area (Å²) < 4.78 is 27.5. The fourth-order valence-corrected chi connectivity index (χ4v) is 3.21. The number of anilines is 1. The van der Waals surface area contributed by atoms with Gasteiger partial charge in [-0.15, -0.1) is 0 Å². The van der Waals surface area contributed by atoms with Crippen molar-refractivity contribution in [3.63, 3.8) is 0 Å². The van der Waals surface area contributed by atoms with Gasteiger partial charge in [0.2, 0.25) is 0 Å². The number of hydrogen-bond donors (Lipinski definition) is 2. The second-order valence-corrected chi connectivity index (χ2v) is 8.22. The predicted octanol–water partition coefficient (Wildman–Crippen LogP) is 1.01. The highest BCUT2D eigenvalue weighted by Crippen LogP contribution is 2.29. The Bertz CT molecular complexity index is 655. The molecule has 0 bridgehead atoms. The number of sulfone groups is 1. The van der Waals surface area contributed by atoms with Crippen molar-refractivity contribution < 1.29 is 17.9 Å². The third-order valence-electron chi connectivity index (χ3n) is 4.01. The molecule has 7 nitrogen and oxygen atoms in total. The van der Waals surface area contributed by atoms with Crippen molar-refractivity contribution in [1.82, 2.24) is 10.6 Å². The van der Waals surface area contributed by atoms with Crippen LogP contribution in [-0.4, -0.2) is 59.2 Å². The Morgan fingerprint density at radius 1 is 1.29 bits per heavy atom. The van der Waals surface area contributed by atoms with E-state index in [1.54, 1.807) is 7.11 Å². The molecular formula is C16H25N3O4S. The molecule has 1 aliphatic rings. The van der Waals surface area contributed by atoms with Crippen molar-refractivity contribution in [3.05, 3.63) is 24.3 Å². The standard InChI is InChI=1S/C16H25N3O4S/c1-23-15-6-4-3-5-14(15)19-10-7-13(8-11-19)18-16(20)17-9-12-24(2,21)22/h3-6,13H,7-12H2,1-2H3,(H2,17,18,20). The van der Waals surface area contributed by atoms with E-state index in [9.17, 15) is 13.2 Å². The minimum atomic E-state index is -3.06. The maximum Gasteiger partial charge on any atom is 0.315 e. The maximum atomic E-state index is 11.8. The van der Waals surface area contributed by atoms with Crippen LogP contribution in [0.15, 0.2) is 24.3 Å². The highest BCUT2D eigenvalue weighted by molar-refractivity contribution is 7.90. The number of para-hydroxylation sites is 2. The number of nitrogens with one attached hydrogen (secondary N) is 2. The maximum absolute atomic E-state index is 11.8. The van der Waals surface area contributed by atoms with E-state index in [-0.39, 0.29) is 24.4 Å². The summed E-state index contributed by atoms with van der Waals surface area (Å²) in [4.78, 5) is 14.0. The Balaban J connectivity index is 1.77. The van der Waals surface area contributed by atoms with E-state index >= 15 is 0 Å². The zero-order valence-corrected chi connectivity index (χ0v) is 14.9. The van der Waals surface area contributed by atoms with Crippen molar-refractivity contribution in [3.8, 4) is 5.75 Å². The van der Waals surface area contributed by atoms with Gasteiger partial charge in [-0.1, -0.05) is 12.1 Å². The summed E-state index contributed by atoms with van der Waals surface area (Å²) in [6.07, 6.45) is 2.81. The monoisotopic (exact) mass is 355 g/mol. The quantitative estimate of drug-likeness (QED) is 0.795. The number of ether oxygens (including phenoxy) is 1. The summed E-state index contributed by atoms with van der Waals surface area (Å²) in [5.41, 5.74) is 1.07. The van der Waals surface area contributed by atoms with Crippen LogP contribution >= 0.6 is 0 Å². The van der Waals surface area contributed by atoms with Crippen molar-refractivity contribution in [1.29, 1.82) is 0 Å². The lowest BCUT2D eigenvalue weighted by Crippen LogP contribution is -2.48. The molecule has 1 aliphatic heterocycles. The van der Waals surface area contributed by atoms with Gasteiger partial charge in [-0.3, -0.25) is 0 Å². The third kappa shape index (κ3) is 5.59. The fourth-order valence-electron chi connectivity index (χ4n) is 2.74. The average molecular weight is 355 g/mol. The van der Waals surface area contributed by atoms with Gasteiger partial charge in [0.05, 0.1) is 18.6 Å². The van der Waals surface area contributed by atoms with Gasteiger partial charge in [-0.25, -0.2) is 13.2 Å². The first-order valence-electron chi connectivity index (χ1n) is 7.99. The van der Waals surface area contributed by atoms with Gasteiger partial charge >= 0.3 is 6.03 Å². The van der Waals surface area contributed by atoms with Crippen molar-refractivity contribution in [2.75, 3.05) is 43.7 Å². The first-order chi connectivity index (χ1) is 11.4. The van der Waals surface area contributed by atoms with Gasteiger partial charge in [-0.05, 0) is 25.0 Å². The van der Waals surface area contributed by atoms with Gasteiger partial charge in [-0.2, -0.15) is 0 Å². The largest absolute Gasteiger partial charge is 0.495 e. The summed E-state index contributed by atoms with van der Waals surface area (Å²) in [7, 11) is -1.40. The number of amides is 2. The molecule has 24 heavy (non-hydrogen) atoms. The molecule has 0 saturated carbocycles. The summed E-state index contributed by atoms with van der Waals surface area (Å²) in [5.74, 6) is 0.801. The lowest BCUT2D eigenvalue weighted by atomic mass is 10.0. The Kier molecular flexibility index (Phi) is 6.30. The van der Waals surface area contributed by atoms with E-state index in [1.165, 1.54) is 0 Å². The van der Waals surface area contributed by atoms with Gasteiger partial charge in [0, 0.05) is 31.9 Å². The molecule has 1 fully saturated rings. The number of nitrogens with zero attached hydrogens (tertiary/aromatic N) is 1. The molecule has 2 amide bonds. The van der Waals surface area contributed by atoms with E-state index in [2.05, 4.69) is 15.5 Å². The Labute approximate surface area is 143 Å². The summed E-state index contributed by atoms with van der Waals surface area (Å²) in [6, 6.07) is 7.68. The molecule has 1 heterocycles. The average Bonchev–Trinajstić information content (AvgIpc) is 2.54. The normalized spacial score (nSPS) is 15.8. The summed E-state index contributed by atoms with van der Waals surface area (Å²) in [5, 5.41) is 5.49. The number of carbonyl (C=O) groups is 1. The van der Waals surface area contributed by atoms with Crippen LogP contribution in [0.5, 0.6) is 5.75 Å². The topological polar surface area (TPSA) is 87.7 Å². The van der Waals surface area contributed by atoms with Gasteiger partial charge < -0.3 is 20.3 Å². The molecule has 0 radical (unpaired) electrons. The number of methoxy groups -OCH3 is 1. The van der Waals surface area contributed by atoms with Crippen LogP contribution in [0, 0.1) is 0 Å². The van der Waals surface area contributed by atoms with Crippen LogP contribution in [0.3, 0.4) is 0 Å². The SMILES string of the molecule is COc1ccccc1N1CCC(NC(=O)NCCS(C)(=O)=O)CC1. The van der Waals surface area contributed by atoms with Crippen LogP contribution in [0.1, 0.15) is 12.8 Å². The number of benzene rings is 1. The highest BCUT2D eigenvalue weighted by atomic mass is 32.2. The van der Waals surface area contributed by atoms with E-state index in [0.717, 1.165) is 43.6 Å².